The van der Waals surface area contributed by atoms with Crippen molar-refractivity contribution in [2.75, 3.05) is 26.0 Å². The molecule has 0 spiro atoms. The average Bonchev–Trinajstić information content (AvgIpc) is 2.69. The maximum atomic E-state index is 13.3. The molecular weight excluding hydrogens is 386 g/mol. The van der Waals surface area contributed by atoms with Crippen LogP contribution in [-0.2, 0) is 9.53 Å². The number of thioether (sulfide) groups is 1. The Morgan fingerprint density at radius 2 is 1.90 bits per heavy atom. The van der Waals surface area contributed by atoms with Gasteiger partial charge in [-0.05, 0) is 55.7 Å². The van der Waals surface area contributed by atoms with Crippen LogP contribution in [0.3, 0.4) is 0 Å². The zero-order valence-electron chi connectivity index (χ0n) is 16.9. The van der Waals surface area contributed by atoms with E-state index in [1.54, 1.807) is 17.7 Å². The number of para-hydroxylation sites is 1. The van der Waals surface area contributed by atoms with E-state index in [1.807, 2.05) is 44.2 Å². The van der Waals surface area contributed by atoms with E-state index in [1.165, 1.54) is 11.8 Å². The standard InChI is InChI=1S/C22H25N3O3S/c1-15-11-16(2)13-17(12-15)25-21(27)18-7-4-5-8-19(18)24-22(25)29-14-20(26)23-9-6-10-28-3/h4-5,7-8,11-13H,6,9-10,14H2,1-3H3,(H,23,26). The molecular formula is C22H25N3O3S. The van der Waals surface area contributed by atoms with Crippen molar-refractivity contribution in [3.05, 3.63) is 63.9 Å². The van der Waals surface area contributed by atoms with Crippen LogP contribution >= 0.6 is 11.8 Å². The molecule has 0 aliphatic rings. The van der Waals surface area contributed by atoms with Crippen molar-refractivity contribution in [1.82, 2.24) is 14.9 Å². The second-order valence-corrected chi connectivity index (χ2v) is 7.83. The third-order valence-corrected chi connectivity index (χ3v) is 5.33. The molecule has 29 heavy (non-hydrogen) atoms. The number of hydrogen-bond donors (Lipinski definition) is 1. The lowest BCUT2D eigenvalue weighted by atomic mass is 10.1. The van der Waals surface area contributed by atoms with Crippen LogP contribution in [0.25, 0.3) is 16.6 Å². The first kappa shape index (κ1) is 21.1. The van der Waals surface area contributed by atoms with E-state index in [-0.39, 0.29) is 17.2 Å². The predicted octanol–water partition coefficient (Wildman–Crippen LogP) is 3.25. The topological polar surface area (TPSA) is 73.2 Å². The maximum Gasteiger partial charge on any atom is 0.266 e. The number of nitrogens with one attached hydrogen (secondary N) is 1. The van der Waals surface area contributed by atoms with E-state index in [4.69, 9.17) is 4.74 Å². The number of aromatic nitrogens is 2. The van der Waals surface area contributed by atoms with E-state index in [0.717, 1.165) is 23.2 Å². The molecule has 0 radical (unpaired) electrons. The molecule has 0 aliphatic heterocycles. The van der Waals surface area contributed by atoms with Crippen LogP contribution in [0, 0.1) is 13.8 Å². The van der Waals surface area contributed by atoms with Gasteiger partial charge in [0.1, 0.15) is 0 Å². The van der Waals surface area contributed by atoms with E-state index < -0.39 is 0 Å². The fraction of sp³-hybridized carbons (Fsp3) is 0.318. The summed E-state index contributed by atoms with van der Waals surface area (Å²) in [7, 11) is 1.63. The number of methoxy groups -OCH3 is 1. The minimum absolute atomic E-state index is 0.0968. The molecule has 1 aromatic heterocycles. The van der Waals surface area contributed by atoms with Crippen molar-refractivity contribution in [2.24, 2.45) is 0 Å². The molecule has 1 amide bonds. The summed E-state index contributed by atoms with van der Waals surface area (Å²) in [6.07, 6.45) is 0.758. The fourth-order valence-electron chi connectivity index (χ4n) is 3.14. The summed E-state index contributed by atoms with van der Waals surface area (Å²) in [5.74, 6) is 0.0863. The SMILES string of the molecule is COCCCNC(=O)CSc1nc2ccccc2c(=O)n1-c1cc(C)cc(C)c1. The van der Waals surface area contributed by atoms with Gasteiger partial charge in [0.25, 0.3) is 5.56 Å². The number of fused-ring (bicyclic) bond motifs is 1. The highest BCUT2D eigenvalue weighted by Gasteiger charge is 2.15. The van der Waals surface area contributed by atoms with Crippen molar-refractivity contribution in [1.29, 1.82) is 0 Å². The molecule has 0 bridgehead atoms. The van der Waals surface area contributed by atoms with E-state index in [9.17, 15) is 9.59 Å². The largest absolute Gasteiger partial charge is 0.385 e. The average molecular weight is 412 g/mol. The van der Waals surface area contributed by atoms with Gasteiger partial charge in [0.05, 0.1) is 22.3 Å². The number of amides is 1. The molecule has 3 rings (SSSR count). The highest BCUT2D eigenvalue weighted by atomic mass is 32.2. The summed E-state index contributed by atoms with van der Waals surface area (Å²) in [4.78, 5) is 30.1. The zero-order chi connectivity index (χ0) is 20.8. The summed E-state index contributed by atoms with van der Waals surface area (Å²) in [6.45, 7) is 5.15. The van der Waals surface area contributed by atoms with E-state index in [2.05, 4.69) is 16.4 Å². The van der Waals surface area contributed by atoms with Gasteiger partial charge in [0.15, 0.2) is 5.16 Å². The summed E-state index contributed by atoms with van der Waals surface area (Å²) < 4.78 is 6.59. The first-order valence-electron chi connectivity index (χ1n) is 9.48. The maximum absolute atomic E-state index is 13.3. The Bertz CT molecular complexity index is 1060. The van der Waals surface area contributed by atoms with Gasteiger partial charge in [-0.1, -0.05) is 30.0 Å². The van der Waals surface area contributed by atoms with Crippen LogP contribution in [0.5, 0.6) is 0 Å². The van der Waals surface area contributed by atoms with Gasteiger partial charge in [0.2, 0.25) is 5.91 Å². The number of ether oxygens (including phenoxy) is 1. The number of carbonyl (C=O) groups excluding carboxylic acids is 1. The molecule has 0 saturated heterocycles. The molecule has 1 heterocycles. The highest BCUT2D eigenvalue weighted by molar-refractivity contribution is 7.99. The minimum Gasteiger partial charge on any atom is -0.385 e. The van der Waals surface area contributed by atoms with Crippen LogP contribution in [-0.4, -0.2) is 41.5 Å². The number of benzene rings is 2. The van der Waals surface area contributed by atoms with Crippen molar-refractivity contribution >= 4 is 28.6 Å². The van der Waals surface area contributed by atoms with Gasteiger partial charge >= 0.3 is 0 Å². The van der Waals surface area contributed by atoms with Crippen molar-refractivity contribution in [3.63, 3.8) is 0 Å². The molecule has 0 saturated carbocycles. The number of nitrogens with zero attached hydrogens (tertiary/aromatic N) is 2. The van der Waals surface area contributed by atoms with Crippen molar-refractivity contribution in [2.45, 2.75) is 25.4 Å². The molecule has 0 fully saturated rings. The summed E-state index contributed by atoms with van der Waals surface area (Å²) in [5, 5.41) is 3.92. The van der Waals surface area contributed by atoms with E-state index in [0.29, 0.717) is 29.2 Å². The number of rotatable bonds is 8. The predicted molar refractivity (Wildman–Crippen MR) is 117 cm³/mol. The lowest BCUT2D eigenvalue weighted by molar-refractivity contribution is -0.118. The molecule has 0 atom stereocenters. The normalized spacial score (nSPS) is 11.0. The lowest BCUT2D eigenvalue weighted by Crippen LogP contribution is -2.28. The number of carbonyl (C=O) groups is 1. The summed E-state index contributed by atoms with van der Waals surface area (Å²) >= 11 is 1.26. The van der Waals surface area contributed by atoms with Gasteiger partial charge in [-0.15, -0.1) is 0 Å². The first-order chi connectivity index (χ1) is 14.0. The van der Waals surface area contributed by atoms with Gasteiger partial charge in [-0.3, -0.25) is 14.2 Å². The zero-order valence-corrected chi connectivity index (χ0v) is 17.7. The van der Waals surface area contributed by atoms with Crippen molar-refractivity contribution in [3.8, 4) is 5.69 Å². The van der Waals surface area contributed by atoms with Crippen LogP contribution in [0.2, 0.25) is 0 Å². The highest BCUT2D eigenvalue weighted by Crippen LogP contribution is 2.22. The number of aryl methyl sites for hydroxylation is 2. The quantitative estimate of drug-likeness (QED) is 0.350. The molecule has 0 unspecified atom stereocenters. The Morgan fingerprint density at radius 1 is 1.17 bits per heavy atom. The Kier molecular flexibility index (Phi) is 7.06. The Morgan fingerprint density at radius 3 is 2.62 bits per heavy atom. The Labute approximate surface area is 174 Å². The third kappa shape index (κ3) is 5.25. The molecule has 152 valence electrons. The molecule has 7 heteroatoms. The molecule has 3 aromatic rings. The lowest BCUT2D eigenvalue weighted by Gasteiger charge is -2.14. The van der Waals surface area contributed by atoms with Crippen LogP contribution < -0.4 is 10.9 Å². The molecule has 1 N–H and O–H groups in total. The minimum atomic E-state index is -0.136. The Hall–Kier alpha value is -2.64. The number of hydrogen-bond acceptors (Lipinski definition) is 5. The van der Waals surface area contributed by atoms with Gasteiger partial charge in [-0.2, -0.15) is 0 Å². The van der Waals surface area contributed by atoms with Crippen LogP contribution in [0.4, 0.5) is 0 Å². The second-order valence-electron chi connectivity index (χ2n) is 6.88. The molecule has 0 aliphatic carbocycles. The second kappa shape index (κ2) is 9.71. The van der Waals surface area contributed by atoms with E-state index >= 15 is 0 Å². The van der Waals surface area contributed by atoms with Gasteiger partial charge in [-0.25, -0.2) is 4.98 Å². The van der Waals surface area contributed by atoms with Crippen LogP contribution in [0.1, 0.15) is 17.5 Å². The molecule has 2 aromatic carbocycles. The third-order valence-electron chi connectivity index (χ3n) is 4.39. The molecule has 6 nitrogen and oxygen atoms in total. The monoisotopic (exact) mass is 411 g/mol. The summed E-state index contributed by atoms with van der Waals surface area (Å²) in [5.41, 5.74) is 3.37. The van der Waals surface area contributed by atoms with Gasteiger partial charge < -0.3 is 10.1 Å². The first-order valence-corrected chi connectivity index (χ1v) is 10.5. The van der Waals surface area contributed by atoms with Crippen LogP contribution in [0.15, 0.2) is 52.4 Å². The Balaban J connectivity index is 1.95. The summed E-state index contributed by atoms with van der Waals surface area (Å²) in [6, 6.07) is 13.3. The van der Waals surface area contributed by atoms with Crippen molar-refractivity contribution < 1.29 is 9.53 Å². The fourth-order valence-corrected chi connectivity index (χ4v) is 3.98. The smallest absolute Gasteiger partial charge is 0.266 e. The van der Waals surface area contributed by atoms with Gasteiger partial charge in [0, 0.05) is 20.3 Å².